The first-order valence-corrected chi connectivity index (χ1v) is 10.9. The molecule has 0 radical (unpaired) electrons. The Morgan fingerprint density at radius 2 is 2.04 bits per heavy atom. The van der Waals surface area contributed by atoms with E-state index in [1.165, 1.54) is 51.4 Å². The minimum atomic E-state index is 0.218. The monoisotopic (exact) mass is 343 g/mol. The second-order valence-corrected chi connectivity index (χ2v) is 10.2. The van der Waals surface area contributed by atoms with Gasteiger partial charge in [-0.2, -0.15) is 0 Å². The Hall–Kier alpha value is -0.790. The third-order valence-electron chi connectivity index (χ3n) is 8.89. The molecule has 0 aromatic rings. The number of fused-ring (bicyclic) bond motifs is 5. The summed E-state index contributed by atoms with van der Waals surface area (Å²) in [6.07, 6.45) is 13.5. The van der Waals surface area contributed by atoms with E-state index in [9.17, 15) is 4.79 Å². The zero-order valence-corrected chi connectivity index (χ0v) is 16.7. The van der Waals surface area contributed by atoms with Gasteiger partial charge in [0.25, 0.3) is 0 Å². The summed E-state index contributed by atoms with van der Waals surface area (Å²) >= 11 is 0. The molecule has 2 nitrogen and oxygen atoms in total. The number of nitrogens with one attached hydrogen (secondary N) is 1. The Morgan fingerprint density at radius 1 is 1.24 bits per heavy atom. The molecule has 0 aromatic carbocycles. The summed E-state index contributed by atoms with van der Waals surface area (Å²) in [5.74, 6) is 2.69. The minimum absolute atomic E-state index is 0.218. The summed E-state index contributed by atoms with van der Waals surface area (Å²) in [7, 11) is 0. The molecule has 0 spiro atoms. The molecule has 140 valence electrons. The SMILES string of the molecule is CCC[C@@H](C)[C@H]1C(=O)C[C@H]2[C@@H]3NC=C4CCCC[C@]4(C)[C@H]3CC[C@]12C. The topological polar surface area (TPSA) is 29.1 Å². The normalized spacial score (nSPS) is 47.2. The van der Waals surface area contributed by atoms with Crippen LogP contribution in [0.2, 0.25) is 0 Å². The summed E-state index contributed by atoms with van der Waals surface area (Å²) in [5.41, 5.74) is 2.28. The van der Waals surface area contributed by atoms with Crippen molar-refractivity contribution in [3.8, 4) is 0 Å². The lowest BCUT2D eigenvalue weighted by molar-refractivity contribution is -0.124. The fourth-order valence-electron chi connectivity index (χ4n) is 7.63. The molecule has 1 aliphatic heterocycles. The number of carbonyl (C=O) groups is 1. The van der Waals surface area contributed by atoms with E-state index in [4.69, 9.17) is 0 Å². The van der Waals surface area contributed by atoms with E-state index in [0.717, 1.165) is 12.3 Å². The summed E-state index contributed by atoms with van der Waals surface area (Å²) in [6, 6.07) is 0.522. The average Bonchev–Trinajstić information content (AvgIpc) is 2.84. The van der Waals surface area contributed by atoms with Gasteiger partial charge in [0.1, 0.15) is 5.78 Å². The molecular weight excluding hydrogens is 306 g/mol. The highest BCUT2D eigenvalue weighted by Gasteiger charge is 2.61. The van der Waals surface area contributed by atoms with Crippen molar-refractivity contribution in [3.63, 3.8) is 0 Å². The third kappa shape index (κ3) is 2.46. The molecular formula is C23H37NO. The Labute approximate surface area is 154 Å². The predicted octanol–water partition coefficient (Wildman–Crippen LogP) is 5.48. The fourth-order valence-corrected chi connectivity index (χ4v) is 7.63. The van der Waals surface area contributed by atoms with E-state index in [1.807, 2.05) is 0 Å². The van der Waals surface area contributed by atoms with Crippen LogP contribution in [0.3, 0.4) is 0 Å². The van der Waals surface area contributed by atoms with Gasteiger partial charge in [0.05, 0.1) is 0 Å². The molecule has 0 unspecified atom stereocenters. The van der Waals surface area contributed by atoms with Crippen LogP contribution in [0, 0.1) is 34.5 Å². The molecule has 3 fully saturated rings. The van der Waals surface area contributed by atoms with Gasteiger partial charge in [0, 0.05) is 18.4 Å². The number of hydrogen-bond acceptors (Lipinski definition) is 2. The molecule has 2 heteroatoms. The van der Waals surface area contributed by atoms with Gasteiger partial charge in [0.15, 0.2) is 0 Å². The molecule has 0 bridgehead atoms. The van der Waals surface area contributed by atoms with Crippen molar-refractivity contribution < 1.29 is 4.79 Å². The Balaban J connectivity index is 1.65. The maximum Gasteiger partial charge on any atom is 0.137 e. The van der Waals surface area contributed by atoms with Gasteiger partial charge in [0.2, 0.25) is 0 Å². The average molecular weight is 344 g/mol. The molecule has 3 aliphatic carbocycles. The van der Waals surface area contributed by atoms with Gasteiger partial charge in [-0.25, -0.2) is 0 Å². The number of carbonyl (C=O) groups excluding carboxylic acids is 1. The van der Waals surface area contributed by atoms with Crippen molar-refractivity contribution in [1.82, 2.24) is 5.32 Å². The van der Waals surface area contributed by atoms with Crippen LogP contribution in [-0.4, -0.2) is 11.8 Å². The van der Waals surface area contributed by atoms with Gasteiger partial charge in [-0.3, -0.25) is 4.79 Å². The second-order valence-electron chi connectivity index (χ2n) is 10.2. The van der Waals surface area contributed by atoms with Crippen LogP contribution in [0.25, 0.3) is 0 Å². The van der Waals surface area contributed by atoms with Gasteiger partial charge in [-0.1, -0.05) is 47.0 Å². The molecule has 0 aromatic heterocycles. The van der Waals surface area contributed by atoms with Gasteiger partial charge < -0.3 is 5.32 Å². The largest absolute Gasteiger partial charge is 0.388 e. The molecule has 0 amide bonds. The van der Waals surface area contributed by atoms with Crippen LogP contribution in [0.15, 0.2) is 11.8 Å². The standard InChI is InChI=1S/C23H37NO/c1-5-8-15(2)20-19(25)13-18-21-17(10-12-23(18,20)4)22(3)11-7-6-9-16(22)14-24-21/h14-15,17-18,20-21,24H,5-13H2,1-4H3/t15-,17+,18+,20+,21-,22+,23+/m1/s1. The molecule has 0 saturated heterocycles. The van der Waals surface area contributed by atoms with E-state index in [1.54, 1.807) is 5.57 Å². The Bertz CT molecular complexity index is 581. The number of rotatable bonds is 3. The molecule has 25 heavy (non-hydrogen) atoms. The zero-order chi connectivity index (χ0) is 17.8. The van der Waals surface area contributed by atoms with Crippen LogP contribution in [-0.2, 0) is 4.79 Å². The molecule has 4 aliphatic rings. The van der Waals surface area contributed by atoms with Gasteiger partial charge in [-0.05, 0) is 72.5 Å². The van der Waals surface area contributed by atoms with Crippen molar-refractivity contribution in [2.45, 2.75) is 91.5 Å². The van der Waals surface area contributed by atoms with E-state index in [2.05, 4.69) is 39.2 Å². The van der Waals surface area contributed by atoms with Crippen molar-refractivity contribution in [2.24, 2.45) is 34.5 Å². The van der Waals surface area contributed by atoms with E-state index in [0.29, 0.717) is 35.0 Å². The number of allylic oxidation sites excluding steroid dienone is 1. The van der Waals surface area contributed by atoms with E-state index < -0.39 is 0 Å². The summed E-state index contributed by atoms with van der Waals surface area (Å²) in [6.45, 7) is 9.58. The summed E-state index contributed by atoms with van der Waals surface area (Å²) in [5, 5.41) is 3.84. The fraction of sp³-hybridized carbons (Fsp3) is 0.870. The lowest BCUT2D eigenvalue weighted by Crippen LogP contribution is -2.58. The molecule has 4 rings (SSSR count). The van der Waals surface area contributed by atoms with E-state index in [-0.39, 0.29) is 5.41 Å². The van der Waals surface area contributed by atoms with Gasteiger partial charge in [-0.15, -0.1) is 0 Å². The van der Waals surface area contributed by atoms with Crippen molar-refractivity contribution in [2.75, 3.05) is 0 Å². The van der Waals surface area contributed by atoms with Gasteiger partial charge >= 0.3 is 0 Å². The highest BCUT2D eigenvalue weighted by atomic mass is 16.1. The van der Waals surface area contributed by atoms with Crippen LogP contribution >= 0.6 is 0 Å². The van der Waals surface area contributed by atoms with Crippen molar-refractivity contribution in [1.29, 1.82) is 0 Å². The van der Waals surface area contributed by atoms with Crippen LogP contribution < -0.4 is 5.32 Å². The first-order valence-electron chi connectivity index (χ1n) is 10.9. The molecule has 1 heterocycles. The van der Waals surface area contributed by atoms with Crippen molar-refractivity contribution >= 4 is 5.78 Å². The Kier molecular flexibility index (Phi) is 4.32. The highest BCUT2D eigenvalue weighted by molar-refractivity contribution is 5.85. The lowest BCUT2D eigenvalue weighted by Gasteiger charge is -2.57. The third-order valence-corrected chi connectivity index (χ3v) is 8.89. The van der Waals surface area contributed by atoms with E-state index >= 15 is 0 Å². The molecule has 3 saturated carbocycles. The predicted molar refractivity (Wildman–Crippen MR) is 103 cm³/mol. The maximum absolute atomic E-state index is 13.1. The molecule has 1 N–H and O–H groups in total. The quantitative estimate of drug-likeness (QED) is 0.735. The first kappa shape index (κ1) is 17.6. The number of hydrogen-bond donors (Lipinski definition) is 1. The number of Topliss-reactive ketones (excluding diaryl/α,β-unsaturated/α-hetero) is 1. The Morgan fingerprint density at radius 3 is 2.80 bits per heavy atom. The van der Waals surface area contributed by atoms with Crippen molar-refractivity contribution in [3.05, 3.63) is 11.8 Å². The zero-order valence-electron chi connectivity index (χ0n) is 16.7. The summed E-state index contributed by atoms with van der Waals surface area (Å²) < 4.78 is 0. The summed E-state index contributed by atoms with van der Waals surface area (Å²) in [4.78, 5) is 13.1. The highest BCUT2D eigenvalue weighted by Crippen LogP contribution is 2.63. The van der Waals surface area contributed by atoms with Crippen LogP contribution in [0.4, 0.5) is 0 Å². The smallest absolute Gasteiger partial charge is 0.137 e. The van der Waals surface area contributed by atoms with Crippen LogP contribution in [0.1, 0.15) is 85.5 Å². The number of ketones is 1. The second kappa shape index (κ2) is 6.13. The lowest BCUT2D eigenvalue weighted by atomic mass is 9.50. The minimum Gasteiger partial charge on any atom is -0.388 e. The molecule has 7 atom stereocenters. The maximum atomic E-state index is 13.1. The first-order chi connectivity index (χ1) is 11.9. The van der Waals surface area contributed by atoms with Crippen LogP contribution in [0.5, 0.6) is 0 Å².